The van der Waals surface area contributed by atoms with E-state index in [-0.39, 0.29) is 24.4 Å². The molecule has 2 fully saturated rings. The number of benzene rings is 1. The molecule has 4 rings (SSSR count). The Hall–Kier alpha value is -2.87. The van der Waals surface area contributed by atoms with Crippen LogP contribution in [0.15, 0.2) is 36.7 Å². The van der Waals surface area contributed by atoms with Gasteiger partial charge in [0.05, 0.1) is 20.2 Å². The van der Waals surface area contributed by atoms with Crippen molar-refractivity contribution in [2.24, 2.45) is 0 Å². The number of piperazine rings is 2. The van der Waals surface area contributed by atoms with E-state index in [1.807, 2.05) is 23.0 Å². The zero-order valence-electron chi connectivity index (χ0n) is 16.2. The highest BCUT2D eigenvalue weighted by Gasteiger charge is 2.41. The van der Waals surface area contributed by atoms with Gasteiger partial charge >= 0.3 is 0 Å². The second kappa shape index (κ2) is 7.63. The van der Waals surface area contributed by atoms with Gasteiger partial charge in [0.1, 0.15) is 11.8 Å². The van der Waals surface area contributed by atoms with Crippen LogP contribution in [0.2, 0.25) is 0 Å². The third-order valence-corrected chi connectivity index (χ3v) is 5.46. The summed E-state index contributed by atoms with van der Waals surface area (Å²) in [5, 5.41) is 4.27. The number of fused-ring (bicyclic) bond motifs is 1. The molecule has 2 aromatic rings. The monoisotopic (exact) mass is 383 g/mol. The van der Waals surface area contributed by atoms with Gasteiger partial charge < -0.3 is 14.5 Å². The first-order chi connectivity index (χ1) is 13.5. The lowest BCUT2D eigenvalue weighted by molar-refractivity contribution is -0.158. The Labute approximate surface area is 164 Å². The third kappa shape index (κ3) is 3.60. The predicted molar refractivity (Wildman–Crippen MR) is 103 cm³/mol. The number of amides is 2. The van der Waals surface area contributed by atoms with E-state index in [9.17, 15) is 9.59 Å². The second-order valence-corrected chi connectivity index (χ2v) is 7.38. The summed E-state index contributed by atoms with van der Waals surface area (Å²) in [5.74, 6) is 0.898. The molecule has 3 heterocycles. The van der Waals surface area contributed by atoms with E-state index in [1.165, 1.54) is 4.90 Å². The Bertz CT molecular complexity index is 867. The Morgan fingerprint density at radius 3 is 2.82 bits per heavy atom. The summed E-state index contributed by atoms with van der Waals surface area (Å²) in [6.45, 7) is 3.48. The maximum atomic E-state index is 12.5. The molecule has 0 saturated carbocycles. The van der Waals surface area contributed by atoms with Gasteiger partial charge in [0.15, 0.2) is 0 Å². The first kappa shape index (κ1) is 18.5. The lowest BCUT2D eigenvalue weighted by Gasteiger charge is -2.45. The largest absolute Gasteiger partial charge is 0.496 e. The standard InChI is InChI=1S/C20H25N5O3/c1-22-14-19(26)25-9-8-23(13-17(25)20(22)27)11-15-4-5-18(28-2)16(10-15)12-24-7-3-6-21-24/h3-7,10,17H,8-9,11-14H2,1-2H3/t17-/m1/s1. The van der Waals surface area contributed by atoms with E-state index >= 15 is 0 Å². The van der Waals surface area contributed by atoms with Crippen molar-refractivity contribution in [1.82, 2.24) is 24.5 Å². The average Bonchev–Trinajstić information content (AvgIpc) is 3.19. The number of methoxy groups -OCH3 is 1. The first-order valence-corrected chi connectivity index (χ1v) is 9.45. The van der Waals surface area contributed by atoms with E-state index in [1.54, 1.807) is 25.3 Å². The lowest BCUT2D eigenvalue weighted by Crippen LogP contribution is -2.65. The SMILES string of the molecule is COc1ccc(CN2CCN3C(=O)CN(C)C(=O)[C@H]3C2)cc1Cn1cccn1. The quantitative estimate of drug-likeness (QED) is 0.749. The van der Waals surface area contributed by atoms with Gasteiger partial charge in [0.2, 0.25) is 11.8 Å². The van der Waals surface area contributed by atoms with E-state index in [0.29, 0.717) is 19.6 Å². The molecule has 8 heteroatoms. The van der Waals surface area contributed by atoms with Gasteiger partial charge in [0, 0.05) is 51.2 Å². The molecule has 0 radical (unpaired) electrons. The maximum absolute atomic E-state index is 12.5. The Kier molecular flexibility index (Phi) is 5.04. The molecule has 0 bridgehead atoms. The van der Waals surface area contributed by atoms with Crippen molar-refractivity contribution in [1.29, 1.82) is 0 Å². The van der Waals surface area contributed by atoms with Crippen molar-refractivity contribution in [3.63, 3.8) is 0 Å². The van der Waals surface area contributed by atoms with Crippen LogP contribution < -0.4 is 4.74 Å². The van der Waals surface area contributed by atoms with Gasteiger partial charge in [-0.05, 0) is 23.8 Å². The minimum absolute atomic E-state index is 0.0263. The second-order valence-electron chi connectivity index (χ2n) is 7.38. The molecular weight excluding hydrogens is 358 g/mol. The number of likely N-dealkylation sites (N-methyl/N-ethyl adjacent to an activating group) is 1. The Balaban J connectivity index is 1.48. The van der Waals surface area contributed by atoms with E-state index in [2.05, 4.69) is 22.1 Å². The molecule has 0 aliphatic carbocycles. The van der Waals surface area contributed by atoms with Crippen LogP contribution >= 0.6 is 0 Å². The molecule has 28 heavy (non-hydrogen) atoms. The molecular formula is C20H25N5O3. The summed E-state index contributed by atoms with van der Waals surface area (Å²) in [6.07, 6.45) is 3.68. The first-order valence-electron chi connectivity index (χ1n) is 9.45. The number of nitrogens with zero attached hydrogens (tertiary/aromatic N) is 5. The molecule has 2 aliphatic heterocycles. The van der Waals surface area contributed by atoms with Crippen LogP contribution in [-0.2, 0) is 22.7 Å². The summed E-state index contributed by atoms with van der Waals surface area (Å²) in [7, 11) is 3.37. The van der Waals surface area contributed by atoms with Crippen LogP contribution in [0.5, 0.6) is 5.75 Å². The zero-order valence-corrected chi connectivity index (χ0v) is 16.2. The van der Waals surface area contributed by atoms with Gasteiger partial charge in [-0.25, -0.2) is 0 Å². The van der Waals surface area contributed by atoms with E-state index in [0.717, 1.165) is 30.0 Å². The van der Waals surface area contributed by atoms with Crippen molar-refractivity contribution in [2.75, 3.05) is 40.3 Å². The summed E-state index contributed by atoms with van der Waals surface area (Å²) in [4.78, 5) is 30.2. The van der Waals surface area contributed by atoms with Crippen molar-refractivity contribution in [3.8, 4) is 5.75 Å². The Morgan fingerprint density at radius 1 is 1.21 bits per heavy atom. The van der Waals surface area contributed by atoms with Crippen LogP contribution in [0.3, 0.4) is 0 Å². The van der Waals surface area contributed by atoms with Crippen LogP contribution in [-0.4, -0.2) is 82.7 Å². The number of carbonyl (C=O) groups excluding carboxylic acids is 2. The highest BCUT2D eigenvalue weighted by atomic mass is 16.5. The fourth-order valence-electron chi connectivity index (χ4n) is 4.00. The van der Waals surface area contributed by atoms with Crippen molar-refractivity contribution in [2.45, 2.75) is 19.1 Å². The van der Waals surface area contributed by atoms with Crippen LogP contribution in [0.25, 0.3) is 0 Å². The van der Waals surface area contributed by atoms with Crippen molar-refractivity contribution >= 4 is 11.8 Å². The van der Waals surface area contributed by atoms with Gasteiger partial charge in [-0.2, -0.15) is 5.10 Å². The zero-order chi connectivity index (χ0) is 19.7. The highest BCUT2D eigenvalue weighted by Crippen LogP contribution is 2.23. The summed E-state index contributed by atoms with van der Waals surface area (Å²) in [5.41, 5.74) is 2.21. The van der Waals surface area contributed by atoms with Crippen molar-refractivity contribution < 1.29 is 14.3 Å². The van der Waals surface area contributed by atoms with Gasteiger partial charge in [-0.15, -0.1) is 0 Å². The molecule has 2 aliphatic rings. The van der Waals surface area contributed by atoms with Crippen LogP contribution in [0.4, 0.5) is 0 Å². The normalized spacial score (nSPS) is 20.4. The van der Waals surface area contributed by atoms with Crippen LogP contribution in [0, 0.1) is 0 Å². The van der Waals surface area contributed by atoms with Gasteiger partial charge in [0.25, 0.3) is 0 Å². The molecule has 1 aromatic heterocycles. The highest BCUT2D eigenvalue weighted by molar-refractivity contribution is 5.95. The smallest absolute Gasteiger partial charge is 0.246 e. The minimum Gasteiger partial charge on any atom is -0.496 e. The fraction of sp³-hybridized carbons (Fsp3) is 0.450. The summed E-state index contributed by atoms with van der Waals surface area (Å²) >= 11 is 0. The third-order valence-electron chi connectivity index (χ3n) is 5.46. The number of hydrogen-bond donors (Lipinski definition) is 0. The number of carbonyl (C=O) groups is 2. The predicted octanol–water partition coefficient (Wildman–Crippen LogP) is 0.425. The summed E-state index contributed by atoms with van der Waals surface area (Å²) < 4.78 is 7.36. The van der Waals surface area contributed by atoms with Crippen LogP contribution in [0.1, 0.15) is 11.1 Å². The molecule has 1 aromatic carbocycles. The molecule has 8 nitrogen and oxygen atoms in total. The Morgan fingerprint density at radius 2 is 2.07 bits per heavy atom. The number of aromatic nitrogens is 2. The topological polar surface area (TPSA) is 70.9 Å². The molecule has 0 unspecified atom stereocenters. The molecule has 2 saturated heterocycles. The number of hydrogen-bond acceptors (Lipinski definition) is 5. The summed E-state index contributed by atoms with van der Waals surface area (Å²) in [6, 6.07) is 7.69. The number of ether oxygens (including phenoxy) is 1. The lowest BCUT2D eigenvalue weighted by atomic mass is 10.0. The fourth-order valence-corrected chi connectivity index (χ4v) is 4.00. The molecule has 2 amide bonds. The molecule has 0 N–H and O–H groups in total. The van der Waals surface area contributed by atoms with Gasteiger partial charge in [-0.1, -0.05) is 6.07 Å². The van der Waals surface area contributed by atoms with E-state index < -0.39 is 0 Å². The van der Waals surface area contributed by atoms with Gasteiger partial charge in [-0.3, -0.25) is 19.2 Å². The van der Waals surface area contributed by atoms with Crippen molar-refractivity contribution in [3.05, 3.63) is 47.8 Å². The average molecular weight is 383 g/mol. The van der Waals surface area contributed by atoms with E-state index in [4.69, 9.17) is 4.74 Å². The molecule has 1 atom stereocenters. The number of rotatable bonds is 5. The maximum Gasteiger partial charge on any atom is 0.246 e. The molecule has 0 spiro atoms. The minimum atomic E-state index is -0.373. The molecule has 148 valence electrons.